The summed E-state index contributed by atoms with van der Waals surface area (Å²) in [5.74, 6) is -2.42. The fraction of sp³-hybridized carbons (Fsp3) is 0.0980. The molecule has 0 bridgehead atoms. The minimum Gasteiger partial charge on any atom is -0.508 e. The molecule has 5 nitrogen and oxygen atoms in total. The molecule has 5 heteroatoms. The molecule has 0 aromatic heterocycles. The molecule has 1 aliphatic carbocycles. The number of benzene rings is 4. The van der Waals surface area contributed by atoms with E-state index >= 15 is 0 Å². The van der Waals surface area contributed by atoms with Gasteiger partial charge in [-0.2, -0.15) is 0 Å². The predicted octanol–water partition coefficient (Wildman–Crippen LogP) is 12.4. The molecule has 0 saturated heterocycles. The summed E-state index contributed by atoms with van der Waals surface area (Å²) in [4.78, 5) is 0. The van der Waals surface area contributed by atoms with Crippen LogP contribution in [0.25, 0.3) is 40.0 Å². The van der Waals surface area contributed by atoms with Crippen LogP contribution in [0.5, 0.6) is 0 Å². The second kappa shape index (κ2) is 19.0. The van der Waals surface area contributed by atoms with E-state index in [2.05, 4.69) is 104 Å². The fourth-order valence-electron chi connectivity index (χ4n) is 6.80. The topological polar surface area (TPSA) is 107 Å². The third-order valence-electron chi connectivity index (χ3n) is 9.90. The highest BCUT2D eigenvalue weighted by atomic mass is 16.3. The van der Waals surface area contributed by atoms with Crippen LogP contribution in [0.1, 0.15) is 48.9 Å². The van der Waals surface area contributed by atoms with Gasteiger partial charge in [0.1, 0.15) is 5.76 Å². The largest absolute Gasteiger partial charge is 0.508 e. The zero-order chi connectivity index (χ0) is 40.2. The van der Waals surface area contributed by atoms with Gasteiger partial charge >= 0.3 is 0 Å². The predicted molar refractivity (Wildman–Crippen MR) is 235 cm³/mol. The van der Waals surface area contributed by atoms with Crippen molar-refractivity contribution in [2.45, 2.75) is 32.8 Å². The van der Waals surface area contributed by atoms with Crippen LogP contribution in [-0.4, -0.2) is 26.5 Å². The normalized spacial score (nSPS) is 17.4. The van der Waals surface area contributed by atoms with E-state index in [4.69, 9.17) is 5.73 Å². The van der Waals surface area contributed by atoms with Gasteiger partial charge in [-0.25, -0.2) is 0 Å². The van der Waals surface area contributed by atoms with Gasteiger partial charge in [0, 0.05) is 5.57 Å². The molecule has 0 radical (unpaired) electrons. The van der Waals surface area contributed by atoms with Crippen molar-refractivity contribution in [1.82, 2.24) is 0 Å². The van der Waals surface area contributed by atoms with Crippen molar-refractivity contribution in [3.63, 3.8) is 0 Å². The zero-order valence-corrected chi connectivity index (χ0v) is 32.1. The molecule has 282 valence electrons. The van der Waals surface area contributed by atoms with Crippen LogP contribution in [-0.2, 0) is 0 Å². The van der Waals surface area contributed by atoms with Crippen LogP contribution in [0.2, 0.25) is 0 Å². The molecule has 0 amide bonds. The van der Waals surface area contributed by atoms with Crippen LogP contribution >= 0.6 is 0 Å². The Labute approximate surface area is 330 Å². The van der Waals surface area contributed by atoms with E-state index in [1.807, 2.05) is 80.6 Å². The molecule has 0 aliphatic heterocycles. The maximum atomic E-state index is 10.7. The molecule has 2 unspecified atom stereocenters. The third kappa shape index (κ3) is 8.92. The first-order valence-electron chi connectivity index (χ1n) is 18.5. The Morgan fingerprint density at radius 1 is 0.679 bits per heavy atom. The Kier molecular flexibility index (Phi) is 13.7. The Balaban J connectivity index is 1.42. The van der Waals surface area contributed by atoms with E-state index in [0.717, 1.165) is 61.2 Å². The van der Waals surface area contributed by atoms with Crippen LogP contribution in [0, 0.1) is 0 Å². The first kappa shape index (κ1) is 40.4. The number of nitrogens with two attached hydrogens (primary N) is 1. The lowest BCUT2D eigenvalue weighted by Gasteiger charge is -2.28. The second-order valence-electron chi connectivity index (χ2n) is 13.3. The van der Waals surface area contributed by atoms with Gasteiger partial charge in [0.05, 0.1) is 12.0 Å². The minimum atomic E-state index is -1.16. The zero-order valence-electron chi connectivity index (χ0n) is 32.1. The molecular weight excluding hydrogens is 691 g/mol. The average Bonchev–Trinajstić information content (AvgIpc) is 3.23. The molecule has 0 fully saturated rings. The Hall–Kier alpha value is -6.82. The molecule has 0 spiro atoms. The summed E-state index contributed by atoms with van der Waals surface area (Å²) < 4.78 is 0. The van der Waals surface area contributed by atoms with E-state index in [0.29, 0.717) is 5.56 Å². The Morgan fingerprint density at radius 2 is 1.21 bits per heavy atom. The summed E-state index contributed by atoms with van der Waals surface area (Å²) in [6.45, 7) is 13.9. The SMILES string of the molecule is C=CC(/C(=C\C=C\c1ccccc1/C=C\C=C\N)C(/C=C)=C/C)=C(\C=C/C)c1ccc(-c2ccc(-c3ccc(C4C(O)=C(O)C(O)=C(C)C4O)cc3)cc2)cc1. The monoisotopic (exact) mass is 739 g/mol. The Morgan fingerprint density at radius 3 is 1.71 bits per heavy atom. The van der Waals surface area contributed by atoms with Crippen molar-refractivity contribution in [1.29, 1.82) is 0 Å². The third-order valence-corrected chi connectivity index (χ3v) is 9.90. The van der Waals surface area contributed by atoms with Gasteiger partial charge < -0.3 is 26.2 Å². The summed E-state index contributed by atoms with van der Waals surface area (Å²) in [5, 5.41) is 41.4. The maximum Gasteiger partial charge on any atom is 0.196 e. The summed E-state index contributed by atoms with van der Waals surface area (Å²) in [7, 11) is 0. The first-order valence-corrected chi connectivity index (χ1v) is 18.5. The quantitative estimate of drug-likeness (QED) is 0.0878. The molecule has 1 aliphatic rings. The molecular formula is C51H49NO4. The number of allylic oxidation sites excluding steroid dienone is 13. The number of aliphatic hydroxyl groups excluding tert-OH is 4. The van der Waals surface area contributed by atoms with Crippen molar-refractivity contribution in [2.75, 3.05) is 0 Å². The van der Waals surface area contributed by atoms with E-state index in [9.17, 15) is 20.4 Å². The number of aliphatic hydroxyl groups is 4. The minimum absolute atomic E-state index is 0.206. The molecule has 6 N–H and O–H groups in total. The number of hydrogen-bond donors (Lipinski definition) is 5. The molecule has 56 heavy (non-hydrogen) atoms. The van der Waals surface area contributed by atoms with Crippen molar-refractivity contribution < 1.29 is 20.4 Å². The van der Waals surface area contributed by atoms with Crippen LogP contribution in [0.15, 0.2) is 211 Å². The highest BCUT2D eigenvalue weighted by Gasteiger charge is 2.36. The van der Waals surface area contributed by atoms with Crippen molar-refractivity contribution in [2.24, 2.45) is 5.73 Å². The molecule has 2 atom stereocenters. The number of hydrogen-bond acceptors (Lipinski definition) is 5. The van der Waals surface area contributed by atoms with Crippen LogP contribution in [0.4, 0.5) is 0 Å². The summed E-state index contributed by atoms with van der Waals surface area (Å²) >= 11 is 0. The van der Waals surface area contributed by atoms with E-state index < -0.39 is 29.3 Å². The summed E-state index contributed by atoms with van der Waals surface area (Å²) in [6, 6.07) is 32.5. The van der Waals surface area contributed by atoms with Gasteiger partial charge in [-0.3, -0.25) is 0 Å². The lowest BCUT2D eigenvalue weighted by molar-refractivity contribution is 0.138. The van der Waals surface area contributed by atoms with Gasteiger partial charge in [-0.05, 0) is 99.8 Å². The smallest absolute Gasteiger partial charge is 0.196 e. The molecule has 0 saturated carbocycles. The molecule has 4 aromatic carbocycles. The summed E-state index contributed by atoms with van der Waals surface area (Å²) in [5.41, 5.74) is 17.7. The van der Waals surface area contributed by atoms with Gasteiger partial charge in [-0.1, -0.05) is 171 Å². The van der Waals surface area contributed by atoms with Crippen LogP contribution in [0.3, 0.4) is 0 Å². The van der Waals surface area contributed by atoms with Gasteiger partial charge in [-0.15, -0.1) is 0 Å². The maximum absolute atomic E-state index is 10.7. The lowest BCUT2D eigenvalue weighted by atomic mass is 9.82. The van der Waals surface area contributed by atoms with Gasteiger partial charge in [0.2, 0.25) is 0 Å². The molecule has 5 rings (SSSR count). The van der Waals surface area contributed by atoms with E-state index in [1.165, 1.54) is 13.1 Å². The molecule has 4 aromatic rings. The van der Waals surface area contributed by atoms with Gasteiger partial charge in [0.15, 0.2) is 11.5 Å². The first-order chi connectivity index (χ1) is 27.2. The van der Waals surface area contributed by atoms with Crippen LogP contribution < -0.4 is 5.73 Å². The highest BCUT2D eigenvalue weighted by Crippen LogP contribution is 2.39. The number of rotatable bonds is 13. The van der Waals surface area contributed by atoms with E-state index in [1.54, 1.807) is 6.08 Å². The average molecular weight is 740 g/mol. The van der Waals surface area contributed by atoms with Crippen molar-refractivity contribution in [3.8, 4) is 22.3 Å². The standard InChI is InChI=1S/C51H49NO4/c1-6-15-45(44(9-4)46(35(7-2)8-3)20-14-19-37-17-11-10-16-36(37)18-12-13-33-52)42-29-25-40(26-30-42)38-21-23-39(24-22-38)41-27-31-43(32-28-41)47-48(53)34(5)49(54)51(56)50(47)55/h6-33,47-48,53-56H,2,4,52H2,1,3,5H3/b15-6-,18-12-,19-14+,33-13+,35-8+,45-44-,46-20-. The van der Waals surface area contributed by atoms with E-state index in [-0.39, 0.29) is 5.57 Å². The van der Waals surface area contributed by atoms with Gasteiger partial charge in [0.25, 0.3) is 0 Å². The van der Waals surface area contributed by atoms with Crippen molar-refractivity contribution >= 4 is 17.7 Å². The Bertz CT molecular complexity index is 2340. The van der Waals surface area contributed by atoms with Crippen molar-refractivity contribution in [3.05, 3.63) is 233 Å². The second-order valence-corrected chi connectivity index (χ2v) is 13.3. The fourth-order valence-corrected chi connectivity index (χ4v) is 6.80. The lowest BCUT2D eigenvalue weighted by Crippen LogP contribution is -2.28. The summed E-state index contributed by atoms with van der Waals surface area (Å²) in [6.07, 6.45) is 22.4. The molecule has 0 heterocycles. The highest BCUT2D eigenvalue weighted by molar-refractivity contribution is 5.85.